The molecule has 2 N–H and O–H groups in total. The first-order chi connectivity index (χ1) is 11.6. The number of methoxy groups -OCH3 is 1. The van der Waals surface area contributed by atoms with Crippen molar-refractivity contribution in [3.8, 4) is 5.75 Å². The van der Waals surface area contributed by atoms with Crippen LogP contribution in [0.4, 0.5) is 11.4 Å². The van der Waals surface area contributed by atoms with E-state index in [-0.39, 0.29) is 12.5 Å². The predicted octanol–water partition coefficient (Wildman–Crippen LogP) is 2.53. The first-order valence-corrected chi connectivity index (χ1v) is 8.00. The number of ether oxygens (including phenoxy) is 1. The molecule has 24 heavy (non-hydrogen) atoms. The Morgan fingerprint density at radius 1 is 1.08 bits per heavy atom. The number of amides is 1. The summed E-state index contributed by atoms with van der Waals surface area (Å²) >= 11 is 0. The average Bonchev–Trinajstić information content (AvgIpc) is 2.60. The minimum Gasteiger partial charge on any atom is -0.496 e. The molecule has 0 atom stereocenters. The Morgan fingerprint density at radius 2 is 1.79 bits per heavy atom. The number of hydrogen-bond donors (Lipinski definition) is 2. The summed E-state index contributed by atoms with van der Waals surface area (Å²) in [7, 11) is 5.65. The number of anilines is 2. The number of para-hydroxylation sites is 1. The summed E-state index contributed by atoms with van der Waals surface area (Å²) in [5.74, 6) is 0.826. The number of nitrogens with one attached hydrogen (secondary N) is 2. The van der Waals surface area contributed by atoms with Crippen molar-refractivity contribution in [3.05, 3.63) is 54.1 Å². The van der Waals surface area contributed by atoms with Crippen molar-refractivity contribution in [2.24, 2.45) is 0 Å². The van der Waals surface area contributed by atoms with Crippen LogP contribution in [-0.2, 0) is 11.2 Å². The highest BCUT2D eigenvalue weighted by atomic mass is 16.5. The lowest BCUT2D eigenvalue weighted by molar-refractivity contribution is -0.119. The van der Waals surface area contributed by atoms with Gasteiger partial charge >= 0.3 is 0 Å². The van der Waals surface area contributed by atoms with E-state index in [4.69, 9.17) is 4.74 Å². The van der Waals surface area contributed by atoms with Crippen molar-refractivity contribution in [1.82, 2.24) is 5.32 Å². The van der Waals surface area contributed by atoms with Gasteiger partial charge in [-0.15, -0.1) is 0 Å². The van der Waals surface area contributed by atoms with Gasteiger partial charge in [0.1, 0.15) is 5.75 Å². The third-order valence-electron chi connectivity index (χ3n) is 3.75. The molecular weight excluding hydrogens is 302 g/mol. The van der Waals surface area contributed by atoms with Crippen LogP contribution >= 0.6 is 0 Å². The second-order valence-corrected chi connectivity index (χ2v) is 5.71. The molecule has 0 fully saturated rings. The summed E-state index contributed by atoms with van der Waals surface area (Å²) in [6, 6.07) is 15.8. The van der Waals surface area contributed by atoms with Crippen molar-refractivity contribution < 1.29 is 9.53 Å². The largest absolute Gasteiger partial charge is 0.496 e. The van der Waals surface area contributed by atoms with Crippen LogP contribution in [0.5, 0.6) is 5.75 Å². The van der Waals surface area contributed by atoms with Crippen molar-refractivity contribution in [2.45, 2.75) is 6.42 Å². The molecule has 0 saturated heterocycles. The van der Waals surface area contributed by atoms with Crippen LogP contribution in [0.15, 0.2) is 48.5 Å². The minimum absolute atomic E-state index is 0.0263. The molecule has 0 aliphatic carbocycles. The van der Waals surface area contributed by atoms with E-state index in [9.17, 15) is 4.79 Å². The van der Waals surface area contributed by atoms with Crippen LogP contribution in [0, 0.1) is 0 Å². The van der Waals surface area contributed by atoms with Crippen molar-refractivity contribution in [2.75, 3.05) is 44.5 Å². The van der Waals surface area contributed by atoms with Crippen LogP contribution in [0.1, 0.15) is 5.56 Å². The van der Waals surface area contributed by atoms with Gasteiger partial charge in [-0.05, 0) is 42.3 Å². The summed E-state index contributed by atoms with van der Waals surface area (Å²) in [5, 5.41) is 6.04. The summed E-state index contributed by atoms with van der Waals surface area (Å²) < 4.78 is 5.31. The second kappa shape index (κ2) is 8.82. The van der Waals surface area contributed by atoms with E-state index in [1.807, 2.05) is 67.5 Å². The molecule has 0 heterocycles. The lowest BCUT2D eigenvalue weighted by Crippen LogP contribution is -2.31. The number of rotatable bonds is 8. The van der Waals surface area contributed by atoms with E-state index < -0.39 is 0 Å². The van der Waals surface area contributed by atoms with Gasteiger partial charge in [0.05, 0.1) is 13.7 Å². The standard InChI is InChI=1S/C19H25N3O2/c1-22(2)17-10-8-16(9-11-17)21-14-19(23)20-13-12-15-6-4-5-7-18(15)24-3/h4-11,21H,12-14H2,1-3H3,(H,20,23). The number of hydrogen-bond acceptors (Lipinski definition) is 4. The third-order valence-corrected chi connectivity index (χ3v) is 3.75. The molecule has 0 aliphatic heterocycles. The van der Waals surface area contributed by atoms with Crippen LogP contribution in [0.2, 0.25) is 0 Å². The summed E-state index contributed by atoms with van der Waals surface area (Å²) in [4.78, 5) is 14.0. The van der Waals surface area contributed by atoms with Gasteiger partial charge in [-0.3, -0.25) is 4.79 Å². The van der Waals surface area contributed by atoms with E-state index in [0.717, 1.165) is 29.1 Å². The Kier molecular flexibility index (Phi) is 6.49. The maximum absolute atomic E-state index is 11.9. The van der Waals surface area contributed by atoms with E-state index in [1.165, 1.54) is 0 Å². The molecule has 2 rings (SSSR count). The number of carbonyl (C=O) groups is 1. The average molecular weight is 327 g/mol. The van der Waals surface area contributed by atoms with Crippen molar-refractivity contribution >= 4 is 17.3 Å². The molecule has 0 radical (unpaired) electrons. The highest BCUT2D eigenvalue weighted by molar-refractivity contribution is 5.80. The molecule has 128 valence electrons. The molecule has 1 amide bonds. The molecule has 5 heteroatoms. The summed E-state index contributed by atoms with van der Waals surface area (Å²) in [6.45, 7) is 0.841. The maximum Gasteiger partial charge on any atom is 0.239 e. The zero-order chi connectivity index (χ0) is 17.4. The van der Waals surface area contributed by atoms with Gasteiger partial charge in [0.25, 0.3) is 0 Å². The van der Waals surface area contributed by atoms with Crippen molar-refractivity contribution in [3.63, 3.8) is 0 Å². The molecule has 0 saturated carbocycles. The zero-order valence-electron chi connectivity index (χ0n) is 14.5. The highest BCUT2D eigenvalue weighted by Crippen LogP contribution is 2.17. The number of benzene rings is 2. The lowest BCUT2D eigenvalue weighted by atomic mass is 10.1. The monoisotopic (exact) mass is 327 g/mol. The Labute approximate surface area is 143 Å². The first kappa shape index (κ1) is 17.7. The van der Waals surface area contributed by atoms with Gasteiger partial charge in [-0.2, -0.15) is 0 Å². The molecule has 0 bridgehead atoms. The summed E-state index contributed by atoms with van der Waals surface area (Å²) in [5.41, 5.74) is 3.15. The van der Waals surface area contributed by atoms with E-state index in [0.29, 0.717) is 6.54 Å². The fourth-order valence-electron chi connectivity index (χ4n) is 2.37. The van der Waals surface area contributed by atoms with Gasteiger partial charge in [0, 0.05) is 32.0 Å². The Balaban J connectivity index is 1.73. The normalized spacial score (nSPS) is 10.1. The Morgan fingerprint density at radius 3 is 2.46 bits per heavy atom. The Hall–Kier alpha value is -2.69. The summed E-state index contributed by atoms with van der Waals surface area (Å²) in [6.07, 6.45) is 0.743. The fraction of sp³-hybridized carbons (Fsp3) is 0.316. The fourth-order valence-corrected chi connectivity index (χ4v) is 2.37. The van der Waals surface area contributed by atoms with E-state index in [1.54, 1.807) is 7.11 Å². The van der Waals surface area contributed by atoms with Gasteiger partial charge < -0.3 is 20.3 Å². The second-order valence-electron chi connectivity index (χ2n) is 5.71. The zero-order valence-corrected chi connectivity index (χ0v) is 14.5. The molecule has 2 aromatic carbocycles. The quantitative estimate of drug-likeness (QED) is 0.782. The molecule has 0 aromatic heterocycles. The predicted molar refractivity (Wildman–Crippen MR) is 99.0 cm³/mol. The van der Waals surface area contributed by atoms with E-state index >= 15 is 0 Å². The highest BCUT2D eigenvalue weighted by Gasteiger charge is 2.04. The topological polar surface area (TPSA) is 53.6 Å². The van der Waals surface area contributed by atoms with Crippen LogP contribution in [0.25, 0.3) is 0 Å². The lowest BCUT2D eigenvalue weighted by Gasteiger charge is -2.13. The van der Waals surface area contributed by atoms with Gasteiger partial charge in [-0.25, -0.2) is 0 Å². The van der Waals surface area contributed by atoms with Crippen molar-refractivity contribution in [1.29, 1.82) is 0 Å². The molecule has 2 aromatic rings. The number of carbonyl (C=O) groups excluding carboxylic acids is 1. The van der Waals surface area contributed by atoms with E-state index in [2.05, 4.69) is 10.6 Å². The molecule has 0 aliphatic rings. The first-order valence-electron chi connectivity index (χ1n) is 8.00. The Bertz CT molecular complexity index is 654. The molecule has 0 spiro atoms. The van der Waals surface area contributed by atoms with Gasteiger partial charge in [-0.1, -0.05) is 18.2 Å². The van der Waals surface area contributed by atoms with Crippen LogP contribution < -0.4 is 20.3 Å². The molecular formula is C19H25N3O2. The third kappa shape index (κ3) is 5.19. The van der Waals surface area contributed by atoms with Crippen LogP contribution in [0.3, 0.4) is 0 Å². The van der Waals surface area contributed by atoms with Gasteiger partial charge in [0.15, 0.2) is 0 Å². The SMILES string of the molecule is COc1ccccc1CCNC(=O)CNc1ccc(N(C)C)cc1. The minimum atomic E-state index is -0.0263. The number of nitrogens with zero attached hydrogens (tertiary/aromatic N) is 1. The molecule has 0 unspecified atom stereocenters. The van der Waals surface area contributed by atoms with Gasteiger partial charge in [0.2, 0.25) is 5.91 Å². The van der Waals surface area contributed by atoms with Crippen LogP contribution in [-0.4, -0.2) is 40.2 Å². The maximum atomic E-state index is 11.9. The molecule has 5 nitrogen and oxygen atoms in total. The smallest absolute Gasteiger partial charge is 0.239 e.